The Labute approximate surface area is 182 Å². The number of oxazole rings is 1. The Morgan fingerprint density at radius 3 is 2.83 bits per heavy atom. The number of hydrogen-bond donors (Lipinski definition) is 1. The van der Waals surface area contributed by atoms with Crippen molar-refractivity contribution in [1.82, 2.24) is 9.88 Å². The van der Waals surface area contributed by atoms with Gasteiger partial charge in [-0.05, 0) is 74.2 Å². The van der Waals surface area contributed by atoms with E-state index in [4.69, 9.17) is 21.1 Å². The molecule has 29 heavy (non-hydrogen) atoms. The number of carboxylic acids is 1. The third kappa shape index (κ3) is 4.49. The van der Waals surface area contributed by atoms with Crippen molar-refractivity contribution in [3.05, 3.63) is 51.0 Å². The average Bonchev–Trinajstić information content (AvgIpc) is 3.10. The van der Waals surface area contributed by atoms with Gasteiger partial charge in [0.2, 0.25) is 5.89 Å². The van der Waals surface area contributed by atoms with Crippen LogP contribution in [0.5, 0.6) is 0 Å². The Morgan fingerprint density at radius 2 is 2.10 bits per heavy atom. The summed E-state index contributed by atoms with van der Waals surface area (Å²) in [5.41, 5.74) is 4.45. The Kier molecular flexibility index (Phi) is 5.95. The van der Waals surface area contributed by atoms with E-state index in [0.717, 1.165) is 59.2 Å². The van der Waals surface area contributed by atoms with Crippen molar-refractivity contribution in [2.75, 3.05) is 13.1 Å². The molecule has 1 aliphatic heterocycles. The highest BCUT2D eigenvalue weighted by Crippen LogP contribution is 2.34. The van der Waals surface area contributed by atoms with Gasteiger partial charge in [-0.2, -0.15) is 0 Å². The zero-order valence-corrected chi connectivity index (χ0v) is 18.5. The van der Waals surface area contributed by atoms with Crippen LogP contribution in [0.25, 0.3) is 22.6 Å². The lowest BCUT2D eigenvalue weighted by Crippen LogP contribution is -2.33. The Hall–Kier alpha value is -1.89. The van der Waals surface area contributed by atoms with Crippen LogP contribution in [0, 0.1) is 12.8 Å². The summed E-state index contributed by atoms with van der Waals surface area (Å²) in [5.74, 6) is 0.136. The molecule has 1 saturated heterocycles. The molecule has 152 valence electrons. The van der Waals surface area contributed by atoms with Crippen LogP contribution < -0.4 is 0 Å². The number of benzene rings is 2. The predicted octanol–water partition coefficient (Wildman–Crippen LogP) is 5.91. The van der Waals surface area contributed by atoms with Gasteiger partial charge in [-0.25, -0.2) is 4.98 Å². The number of nitrogens with zero attached hydrogens (tertiary/aromatic N) is 2. The molecule has 7 heteroatoms. The highest BCUT2D eigenvalue weighted by molar-refractivity contribution is 9.10. The van der Waals surface area contributed by atoms with Crippen LogP contribution in [-0.4, -0.2) is 34.0 Å². The molecular weight excluding hydrogens is 456 g/mol. The molecule has 0 amide bonds. The molecule has 3 aromatic rings. The van der Waals surface area contributed by atoms with Gasteiger partial charge in [-0.15, -0.1) is 0 Å². The van der Waals surface area contributed by atoms with Crippen LogP contribution in [0.15, 0.2) is 39.2 Å². The summed E-state index contributed by atoms with van der Waals surface area (Å²) in [6.07, 6.45) is 2.10. The van der Waals surface area contributed by atoms with Gasteiger partial charge in [-0.1, -0.05) is 33.6 Å². The lowest BCUT2D eigenvalue weighted by molar-refractivity contribution is -0.138. The van der Waals surface area contributed by atoms with E-state index in [9.17, 15) is 4.79 Å². The van der Waals surface area contributed by atoms with Gasteiger partial charge in [0.15, 0.2) is 5.58 Å². The minimum atomic E-state index is -0.705. The van der Waals surface area contributed by atoms with Crippen molar-refractivity contribution < 1.29 is 14.3 Å². The third-order valence-corrected chi connectivity index (χ3v) is 6.72. The lowest BCUT2D eigenvalue weighted by Gasteiger charge is -2.31. The summed E-state index contributed by atoms with van der Waals surface area (Å²) in [4.78, 5) is 17.9. The van der Waals surface area contributed by atoms with Crippen molar-refractivity contribution in [3.63, 3.8) is 0 Å². The van der Waals surface area contributed by atoms with Gasteiger partial charge in [-0.3, -0.25) is 9.69 Å². The number of aromatic nitrogens is 1. The number of halogens is 2. The van der Waals surface area contributed by atoms with Crippen LogP contribution >= 0.6 is 27.5 Å². The molecule has 4 rings (SSSR count). The number of carbonyl (C=O) groups is 1. The molecule has 1 aliphatic rings. The van der Waals surface area contributed by atoms with Crippen molar-refractivity contribution in [3.8, 4) is 11.5 Å². The van der Waals surface area contributed by atoms with E-state index in [1.165, 1.54) is 0 Å². The fraction of sp³-hybridized carbons (Fsp3) is 0.364. The van der Waals surface area contributed by atoms with Gasteiger partial charge in [0.25, 0.3) is 0 Å². The highest BCUT2D eigenvalue weighted by Gasteiger charge is 2.22. The second-order valence-corrected chi connectivity index (χ2v) is 8.94. The van der Waals surface area contributed by atoms with Crippen molar-refractivity contribution in [2.24, 2.45) is 5.92 Å². The first-order valence-electron chi connectivity index (χ1n) is 9.69. The molecule has 1 N–H and O–H groups in total. The van der Waals surface area contributed by atoms with E-state index in [1.807, 2.05) is 37.3 Å². The number of likely N-dealkylation sites (tertiary alicyclic amines) is 1. The largest absolute Gasteiger partial charge is 0.481 e. The summed E-state index contributed by atoms with van der Waals surface area (Å²) in [6.45, 7) is 4.59. The summed E-state index contributed by atoms with van der Waals surface area (Å²) in [7, 11) is 0. The van der Waals surface area contributed by atoms with Crippen molar-refractivity contribution in [2.45, 2.75) is 32.7 Å². The molecule has 0 unspecified atom stereocenters. The summed E-state index contributed by atoms with van der Waals surface area (Å²) < 4.78 is 6.99. The van der Waals surface area contributed by atoms with E-state index in [-0.39, 0.29) is 12.3 Å². The first-order chi connectivity index (χ1) is 13.9. The molecule has 0 aliphatic carbocycles. The molecule has 0 spiro atoms. The molecule has 5 nitrogen and oxygen atoms in total. The zero-order chi connectivity index (χ0) is 20.5. The zero-order valence-electron chi connectivity index (χ0n) is 16.1. The topological polar surface area (TPSA) is 66.6 Å². The SMILES string of the molecule is Cc1c(Br)cccc1-c1nc2cc(CN3CCC(CC(=O)O)CC3)cc(Cl)c2o1. The van der Waals surface area contributed by atoms with E-state index in [2.05, 4.69) is 25.8 Å². The fourth-order valence-electron chi connectivity index (χ4n) is 3.95. The number of carboxylic acid groups (broad SMARTS) is 1. The van der Waals surface area contributed by atoms with Crippen LogP contribution in [0.2, 0.25) is 5.02 Å². The van der Waals surface area contributed by atoms with E-state index in [1.54, 1.807) is 0 Å². The molecule has 0 bridgehead atoms. The monoisotopic (exact) mass is 476 g/mol. The minimum Gasteiger partial charge on any atom is -0.481 e. The maximum absolute atomic E-state index is 10.9. The highest BCUT2D eigenvalue weighted by atomic mass is 79.9. The van der Waals surface area contributed by atoms with Gasteiger partial charge in [0.05, 0.1) is 5.02 Å². The number of piperidine rings is 1. The molecule has 1 fully saturated rings. The fourth-order valence-corrected chi connectivity index (χ4v) is 4.59. The Bertz CT molecular complexity index is 1060. The van der Waals surface area contributed by atoms with Crippen LogP contribution in [0.4, 0.5) is 0 Å². The van der Waals surface area contributed by atoms with E-state index < -0.39 is 5.97 Å². The smallest absolute Gasteiger partial charge is 0.303 e. The van der Waals surface area contributed by atoms with Crippen LogP contribution in [-0.2, 0) is 11.3 Å². The standard InChI is InChI=1S/C22H22BrClN2O3/c1-13-16(3-2-4-17(13)23)22-25-19-10-15(9-18(24)21(19)29-22)12-26-7-5-14(6-8-26)11-20(27)28/h2-4,9-10,14H,5-8,11-12H2,1H3,(H,27,28). The Balaban J connectivity index is 1.54. The van der Waals surface area contributed by atoms with Crippen molar-refractivity contribution >= 4 is 44.6 Å². The molecule has 2 aromatic carbocycles. The van der Waals surface area contributed by atoms with Gasteiger partial charge in [0, 0.05) is 23.0 Å². The van der Waals surface area contributed by atoms with Crippen molar-refractivity contribution in [1.29, 1.82) is 0 Å². The van der Waals surface area contributed by atoms with Gasteiger partial charge < -0.3 is 9.52 Å². The number of aliphatic carboxylic acids is 1. The summed E-state index contributed by atoms with van der Waals surface area (Å²) in [5, 5.41) is 9.53. The number of rotatable bonds is 5. The van der Waals surface area contributed by atoms with E-state index in [0.29, 0.717) is 16.5 Å². The molecule has 0 saturated carbocycles. The average molecular weight is 478 g/mol. The predicted molar refractivity (Wildman–Crippen MR) is 117 cm³/mol. The Morgan fingerprint density at radius 1 is 1.34 bits per heavy atom. The lowest BCUT2D eigenvalue weighted by atomic mass is 9.93. The molecule has 0 atom stereocenters. The third-order valence-electron chi connectivity index (χ3n) is 5.58. The first kappa shape index (κ1) is 20.4. The maximum Gasteiger partial charge on any atom is 0.303 e. The molecule has 2 heterocycles. The quantitative estimate of drug-likeness (QED) is 0.495. The van der Waals surface area contributed by atoms with Crippen LogP contribution in [0.3, 0.4) is 0 Å². The normalized spacial score (nSPS) is 15.8. The van der Waals surface area contributed by atoms with Gasteiger partial charge >= 0.3 is 5.97 Å². The minimum absolute atomic E-state index is 0.266. The first-order valence-corrected chi connectivity index (χ1v) is 10.9. The second kappa shape index (κ2) is 8.46. The van der Waals surface area contributed by atoms with E-state index >= 15 is 0 Å². The number of hydrogen-bond acceptors (Lipinski definition) is 4. The number of fused-ring (bicyclic) bond motifs is 1. The second-order valence-electron chi connectivity index (χ2n) is 7.67. The molecule has 1 aromatic heterocycles. The molecule has 0 radical (unpaired) electrons. The summed E-state index contributed by atoms with van der Waals surface area (Å²) >= 11 is 10.1. The summed E-state index contributed by atoms with van der Waals surface area (Å²) in [6, 6.07) is 9.91. The maximum atomic E-state index is 10.9. The van der Waals surface area contributed by atoms with Crippen LogP contribution in [0.1, 0.15) is 30.4 Å². The van der Waals surface area contributed by atoms with Gasteiger partial charge in [0.1, 0.15) is 5.52 Å². The molecular formula is C22H22BrClN2O3.